The molecule has 1 amide bonds. The van der Waals surface area contributed by atoms with E-state index in [1.54, 1.807) is 0 Å². The molecule has 1 atom stereocenters. The lowest BCUT2D eigenvalue weighted by Crippen LogP contribution is -2.40. The second kappa shape index (κ2) is 10.1. The number of carboxylic acid groups (broad SMARTS) is 1. The Bertz CT molecular complexity index is 1280. The van der Waals surface area contributed by atoms with Crippen LogP contribution in [0, 0.1) is 5.92 Å². The van der Waals surface area contributed by atoms with Crippen LogP contribution in [0.2, 0.25) is 0 Å². The Balaban J connectivity index is 1.69. The van der Waals surface area contributed by atoms with Crippen LogP contribution in [0.4, 0.5) is 5.69 Å². The molecule has 0 aliphatic carbocycles. The molecule has 0 spiro atoms. The summed E-state index contributed by atoms with van der Waals surface area (Å²) < 4.78 is 2.23. The fourth-order valence-electron chi connectivity index (χ4n) is 4.48. The van der Waals surface area contributed by atoms with Crippen LogP contribution in [0.15, 0.2) is 72.8 Å². The molecule has 1 heterocycles. The molecule has 3 aromatic carbocycles. The fourth-order valence-corrected chi connectivity index (χ4v) is 4.82. The third-order valence-electron chi connectivity index (χ3n) is 6.14. The number of amides is 1. The molecule has 1 aromatic heterocycles. The first-order chi connectivity index (χ1) is 16.0. The SMILES string of the molecule is CCn1c2ccccc2c2cc(N(CC(=O)O)C(=O)C(CS)CCc3ccccc3)ccc21. The van der Waals surface area contributed by atoms with Crippen LogP contribution >= 0.6 is 12.6 Å². The van der Waals surface area contributed by atoms with Crippen molar-refractivity contribution in [2.75, 3.05) is 17.2 Å². The summed E-state index contributed by atoms with van der Waals surface area (Å²) in [7, 11) is 0. The van der Waals surface area contributed by atoms with Crippen molar-refractivity contribution < 1.29 is 14.7 Å². The quantitative estimate of drug-likeness (QED) is 0.328. The molecule has 0 fully saturated rings. The summed E-state index contributed by atoms with van der Waals surface area (Å²) in [6.07, 6.45) is 1.35. The van der Waals surface area contributed by atoms with Crippen LogP contribution in [-0.2, 0) is 22.6 Å². The molecule has 33 heavy (non-hydrogen) atoms. The fraction of sp³-hybridized carbons (Fsp3) is 0.259. The van der Waals surface area contributed by atoms with E-state index in [9.17, 15) is 14.7 Å². The van der Waals surface area contributed by atoms with Crippen molar-refractivity contribution in [2.45, 2.75) is 26.3 Å². The van der Waals surface area contributed by atoms with E-state index < -0.39 is 5.97 Å². The summed E-state index contributed by atoms with van der Waals surface area (Å²) in [5, 5.41) is 11.7. The Morgan fingerprint density at radius 2 is 1.67 bits per heavy atom. The van der Waals surface area contributed by atoms with Crippen LogP contribution < -0.4 is 4.90 Å². The number of fused-ring (bicyclic) bond motifs is 3. The molecule has 0 aliphatic rings. The van der Waals surface area contributed by atoms with Crippen molar-refractivity contribution in [3.8, 4) is 0 Å². The van der Waals surface area contributed by atoms with Gasteiger partial charge in [-0.2, -0.15) is 12.6 Å². The van der Waals surface area contributed by atoms with Gasteiger partial charge in [-0.05, 0) is 49.6 Å². The van der Waals surface area contributed by atoms with Gasteiger partial charge in [0.1, 0.15) is 6.54 Å². The number of aromatic nitrogens is 1. The summed E-state index contributed by atoms with van der Waals surface area (Å²) in [6.45, 7) is 2.54. The first-order valence-electron chi connectivity index (χ1n) is 11.2. The molecular weight excluding hydrogens is 432 g/mol. The Labute approximate surface area is 199 Å². The average Bonchev–Trinajstić information content (AvgIpc) is 3.16. The van der Waals surface area contributed by atoms with E-state index in [4.69, 9.17) is 0 Å². The summed E-state index contributed by atoms with van der Waals surface area (Å²) in [5.74, 6) is -1.26. The van der Waals surface area contributed by atoms with Crippen molar-refractivity contribution in [3.05, 3.63) is 78.4 Å². The van der Waals surface area contributed by atoms with Gasteiger partial charge >= 0.3 is 5.97 Å². The van der Waals surface area contributed by atoms with Crippen LogP contribution in [0.5, 0.6) is 0 Å². The molecule has 4 rings (SSSR count). The van der Waals surface area contributed by atoms with Crippen molar-refractivity contribution in [1.82, 2.24) is 4.57 Å². The Kier molecular flexibility index (Phi) is 7.04. The minimum absolute atomic E-state index is 0.207. The molecule has 4 aromatic rings. The van der Waals surface area contributed by atoms with Gasteiger partial charge in [-0.1, -0.05) is 48.5 Å². The maximum atomic E-state index is 13.5. The van der Waals surface area contributed by atoms with Gasteiger partial charge in [-0.15, -0.1) is 0 Å². The highest BCUT2D eigenvalue weighted by atomic mass is 32.1. The molecule has 170 valence electrons. The van der Waals surface area contributed by atoms with Gasteiger partial charge in [0, 0.05) is 45.7 Å². The zero-order chi connectivity index (χ0) is 23.4. The average molecular weight is 461 g/mol. The third-order valence-corrected chi connectivity index (χ3v) is 6.58. The van der Waals surface area contributed by atoms with Crippen molar-refractivity contribution >= 4 is 52.0 Å². The first kappa shape index (κ1) is 22.9. The van der Waals surface area contributed by atoms with Gasteiger partial charge in [0.25, 0.3) is 0 Å². The summed E-state index contributed by atoms with van der Waals surface area (Å²) in [4.78, 5) is 26.6. The first-order valence-corrected chi connectivity index (χ1v) is 11.9. The van der Waals surface area contributed by atoms with Gasteiger partial charge in [0.2, 0.25) is 5.91 Å². The number of benzene rings is 3. The number of anilines is 1. The lowest BCUT2D eigenvalue weighted by Gasteiger charge is -2.26. The number of carbonyl (C=O) groups is 2. The highest BCUT2D eigenvalue weighted by Crippen LogP contribution is 2.32. The van der Waals surface area contributed by atoms with E-state index in [0.717, 1.165) is 40.3 Å². The van der Waals surface area contributed by atoms with Crippen LogP contribution in [0.1, 0.15) is 18.9 Å². The predicted octanol–water partition coefficient (Wildman–Crippen LogP) is 5.41. The Morgan fingerprint density at radius 1 is 0.970 bits per heavy atom. The lowest BCUT2D eigenvalue weighted by atomic mass is 9.99. The zero-order valence-corrected chi connectivity index (χ0v) is 19.5. The Morgan fingerprint density at radius 3 is 2.36 bits per heavy atom. The maximum absolute atomic E-state index is 13.5. The molecule has 6 heteroatoms. The van der Waals surface area contributed by atoms with Crippen molar-refractivity contribution in [3.63, 3.8) is 0 Å². The predicted molar refractivity (Wildman–Crippen MR) is 137 cm³/mol. The third kappa shape index (κ3) is 4.76. The number of thiol groups is 1. The van der Waals surface area contributed by atoms with Gasteiger partial charge in [0.05, 0.1) is 0 Å². The van der Waals surface area contributed by atoms with E-state index in [1.807, 2.05) is 60.7 Å². The normalized spacial score (nSPS) is 12.2. The largest absolute Gasteiger partial charge is 0.480 e. The second-order valence-corrected chi connectivity index (χ2v) is 8.55. The maximum Gasteiger partial charge on any atom is 0.323 e. The van der Waals surface area contributed by atoms with Gasteiger partial charge in [0.15, 0.2) is 0 Å². The highest BCUT2D eigenvalue weighted by Gasteiger charge is 2.27. The molecular formula is C27H28N2O3S. The minimum atomic E-state index is -1.04. The Hall–Kier alpha value is -3.25. The van der Waals surface area contributed by atoms with Crippen molar-refractivity contribution in [1.29, 1.82) is 0 Å². The number of carbonyl (C=O) groups excluding carboxylic acids is 1. The number of hydrogen-bond donors (Lipinski definition) is 2. The van der Waals surface area contributed by atoms with Gasteiger partial charge in [-0.3, -0.25) is 9.59 Å². The van der Waals surface area contributed by atoms with E-state index in [2.05, 4.69) is 36.3 Å². The summed E-state index contributed by atoms with van der Waals surface area (Å²) >= 11 is 4.42. The lowest BCUT2D eigenvalue weighted by molar-refractivity contribution is -0.137. The van der Waals surface area contributed by atoms with E-state index in [1.165, 1.54) is 4.90 Å². The van der Waals surface area contributed by atoms with Gasteiger partial charge < -0.3 is 14.6 Å². The number of nitrogens with zero attached hydrogens (tertiary/aromatic N) is 2. The van der Waals surface area contributed by atoms with Crippen LogP contribution in [-0.4, -0.2) is 33.8 Å². The van der Waals surface area contributed by atoms with E-state index >= 15 is 0 Å². The monoisotopic (exact) mass is 460 g/mol. The van der Waals surface area contributed by atoms with Crippen LogP contribution in [0.25, 0.3) is 21.8 Å². The van der Waals surface area contributed by atoms with Crippen LogP contribution in [0.3, 0.4) is 0 Å². The number of rotatable bonds is 9. The standard InChI is InChI=1S/C27H28N2O3S/c1-2-28-24-11-7-6-10-22(24)23-16-21(14-15-25(23)28)29(17-26(30)31)27(32)20(18-33)13-12-19-8-4-3-5-9-19/h3-11,14-16,20,33H,2,12-13,17-18H2,1H3,(H,30,31). The number of carboxylic acids is 1. The summed E-state index contributed by atoms with van der Waals surface area (Å²) in [5.41, 5.74) is 3.94. The number of para-hydroxylation sites is 1. The molecule has 1 unspecified atom stereocenters. The van der Waals surface area contributed by atoms with Crippen molar-refractivity contribution in [2.24, 2.45) is 5.92 Å². The van der Waals surface area contributed by atoms with Gasteiger partial charge in [-0.25, -0.2) is 0 Å². The topological polar surface area (TPSA) is 62.5 Å². The molecule has 0 aliphatic heterocycles. The molecule has 0 saturated carbocycles. The molecule has 0 saturated heterocycles. The number of aryl methyl sites for hydroxylation is 2. The molecule has 0 bridgehead atoms. The minimum Gasteiger partial charge on any atom is -0.480 e. The smallest absolute Gasteiger partial charge is 0.323 e. The number of aliphatic carboxylic acids is 1. The van der Waals surface area contributed by atoms with E-state index in [-0.39, 0.29) is 18.4 Å². The number of hydrogen-bond acceptors (Lipinski definition) is 3. The second-order valence-electron chi connectivity index (χ2n) is 8.18. The highest BCUT2D eigenvalue weighted by molar-refractivity contribution is 7.80. The summed E-state index contributed by atoms with van der Waals surface area (Å²) in [6, 6.07) is 23.9. The zero-order valence-electron chi connectivity index (χ0n) is 18.6. The molecule has 0 radical (unpaired) electrons. The molecule has 5 nitrogen and oxygen atoms in total. The van der Waals surface area contributed by atoms with E-state index in [0.29, 0.717) is 17.9 Å². The molecule has 1 N–H and O–H groups in total.